The molecule has 0 aliphatic heterocycles. The number of fused-ring (bicyclic) bond motifs is 1. The molecule has 0 spiro atoms. The van der Waals surface area contributed by atoms with Crippen molar-refractivity contribution in [2.45, 2.75) is 6.54 Å². The molecule has 28 heavy (non-hydrogen) atoms. The average molecular weight is 387 g/mol. The molecule has 1 aromatic heterocycles. The molecule has 0 amide bonds. The van der Waals surface area contributed by atoms with E-state index in [2.05, 4.69) is 102 Å². The molecule has 0 fully saturated rings. The Kier molecular flexibility index (Phi) is 6.55. The van der Waals surface area contributed by atoms with Crippen molar-refractivity contribution in [2.75, 3.05) is 13.6 Å². The molecule has 0 atom stereocenters. The monoisotopic (exact) mass is 386 g/mol. The fourth-order valence-electron chi connectivity index (χ4n) is 3.28. The average Bonchev–Trinajstić information content (AvgIpc) is 3.19. The number of nitrogens with one attached hydrogen (secondary N) is 1. The highest BCUT2D eigenvalue weighted by Crippen LogP contribution is 2.19. The van der Waals surface area contributed by atoms with Crippen LogP contribution in [-0.4, -0.2) is 23.5 Å². The zero-order chi connectivity index (χ0) is 18.5. The number of para-hydroxylation sites is 1. The lowest BCUT2D eigenvalue weighted by atomic mass is 10.0. The highest BCUT2D eigenvalue weighted by molar-refractivity contribution is 5.85. The summed E-state index contributed by atoms with van der Waals surface area (Å²) in [6, 6.07) is 27.4. The third kappa shape index (κ3) is 4.64. The number of halogens is 1. The van der Waals surface area contributed by atoms with Crippen LogP contribution in [0.25, 0.3) is 22.0 Å². The molecule has 2 nitrogen and oxygen atoms in total. The van der Waals surface area contributed by atoms with Gasteiger partial charge in [-0.1, -0.05) is 72.5 Å². The summed E-state index contributed by atoms with van der Waals surface area (Å²) in [6.07, 6.45) is 1.99. The SMILES string of the molecule is CN(CC#Cc1ccc(-c2ccccc2)cc1)Cc1cccc2cc[nH]c12.Cl. The summed E-state index contributed by atoms with van der Waals surface area (Å²) in [5.74, 6) is 6.56. The predicted molar refractivity (Wildman–Crippen MR) is 121 cm³/mol. The molecule has 0 saturated carbocycles. The van der Waals surface area contributed by atoms with Crippen molar-refractivity contribution >= 4 is 23.3 Å². The summed E-state index contributed by atoms with van der Waals surface area (Å²) >= 11 is 0. The number of H-pyrrole nitrogens is 1. The largest absolute Gasteiger partial charge is 0.361 e. The maximum absolute atomic E-state index is 3.33. The first-order valence-corrected chi connectivity index (χ1v) is 9.17. The minimum atomic E-state index is 0. The number of nitrogens with zero attached hydrogens (tertiary/aromatic N) is 1. The van der Waals surface area contributed by atoms with Crippen molar-refractivity contribution in [3.05, 3.63) is 96.2 Å². The van der Waals surface area contributed by atoms with Gasteiger partial charge in [0.1, 0.15) is 0 Å². The Morgan fingerprint density at radius 2 is 1.57 bits per heavy atom. The Balaban J connectivity index is 0.00000225. The molecule has 140 valence electrons. The third-order valence-corrected chi connectivity index (χ3v) is 4.69. The second kappa shape index (κ2) is 9.28. The normalized spacial score (nSPS) is 10.4. The van der Waals surface area contributed by atoms with Crippen LogP contribution in [0.5, 0.6) is 0 Å². The number of hydrogen-bond acceptors (Lipinski definition) is 1. The van der Waals surface area contributed by atoms with Gasteiger partial charge in [-0.25, -0.2) is 0 Å². The van der Waals surface area contributed by atoms with Crippen LogP contribution >= 0.6 is 12.4 Å². The second-order valence-corrected chi connectivity index (χ2v) is 6.78. The molecule has 0 unspecified atom stereocenters. The number of aromatic nitrogens is 1. The van der Waals surface area contributed by atoms with Crippen LogP contribution in [0.3, 0.4) is 0 Å². The van der Waals surface area contributed by atoms with Crippen molar-refractivity contribution in [1.29, 1.82) is 0 Å². The van der Waals surface area contributed by atoms with E-state index >= 15 is 0 Å². The first kappa shape index (κ1) is 19.8. The van der Waals surface area contributed by atoms with Crippen molar-refractivity contribution in [3.8, 4) is 23.0 Å². The molecule has 0 aliphatic rings. The van der Waals surface area contributed by atoms with Crippen molar-refractivity contribution in [2.24, 2.45) is 0 Å². The number of hydrogen-bond donors (Lipinski definition) is 1. The van der Waals surface area contributed by atoms with Crippen LogP contribution in [-0.2, 0) is 6.54 Å². The van der Waals surface area contributed by atoms with E-state index in [-0.39, 0.29) is 12.4 Å². The molecular weight excluding hydrogens is 364 g/mol. The molecule has 4 rings (SSSR count). The predicted octanol–water partition coefficient (Wildman–Crippen LogP) is 5.74. The fourth-order valence-corrected chi connectivity index (χ4v) is 3.28. The minimum absolute atomic E-state index is 0. The second-order valence-electron chi connectivity index (χ2n) is 6.78. The van der Waals surface area contributed by atoms with Gasteiger partial charge in [0.2, 0.25) is 0 Å². The van der Waals surface area contributed by atoms with Gasteiger partial charge < -0.3 is 4.98 Å². The van der Waals surface area contributed by atoms with Gasteiger partial charge in [-0.15, -0.1) is 12.4 Å². The molecule has 0 saturated heterocycles. The quantitative estimate of drug-likeness (QED) is 0.443. The lowest BCUT2D eigenvalue weighted by Gasteiger charge is -2.13. The molecule has 1 N–H and O–H groups in total. The van der Waals surface area contributed by atoms with Gasteiger partial charge in [0, 0.05) is 23.8 Å². The molecule has 3 aromatic carbocycles. The van der Waals surface area contributed by atoms with E-state index in [1.165, 1.54) is 27.6 Å². The molecule has 1 heterocycles. The van der Waals surface area contributed by atoms with E-state index in [4.69, 9.17) is 0 Å². The summed E-state index contributed by atoms with van der Waals surface area (Å²) < 4.78 is 0. The summed E-state index contributed by atoms with van der Waals surface area (Å²) in [5.41, 5.74) is 6.02. The Bertz CT molecular complexity index is 1090. The topological polar surface area (TPSA) is 19.0 Å². The summed E-state index contributed by atoms with van der Waals surface area (Å²) in [6.45, 7) is 1.61. The third-order valence-electron chi connectivity index (χ3n) is 4.69. The van der Waals surface area contributed by atoms with E-state index in [1.807, 2.05) is 12.3 Å². The van der Waals surface area contributed by atoms with Crippen molar-refractivity contribution in [1.82, 2.24) is 9.88 Å². The van der Waals surface area contributed by atoms with Gasteiger partial charge in [-0.05, 0) is 47.3 Å². The van der Waals surface area contributed by atoms with E-state index in [0.29, 0.717) is 0 Å². The fraction of sp³-hybridized carbons (Fsp3) is 0.120. The zero-order valence-electron chi connectivity index (χ0n) is 15.9. The molecule has 0 aliphatic carbocycles. The van der Waals surface area contributed by atoms with Crippen LogP contribution in [0.1, 0.15) is 11.1 Å². The zero-order valence-corrected chi connectivity index (χ0v) is 16.7. The van der Waals surface area contributed by atoms with Crippen LogP contribution in [0.2, 0.25) is 0 Å². The lowest BCUT2D eigenvalue weighted by Crippen LogP contribution is -2.18. The molecule has 3 heteroatoms. The first-order chi connectivity index (χ1) is 13.3. The van der Waals surface area contributed by atoms with Gasteiger partial charge in [0.05, 0.1) is 6.54 Å². The van der Waals surface area contributed by atoms with Crippen LogP contribution in [0, 0.1) is 11.8 Å². The van der Waals surface area contributed by atoms with E-state index in [1.54, 1.807) is 0 Å². The number of benzene rings is 3. The van der Waals surface area contributed by atoms with Gasteiger partial charge in [0.15, 0.2) is 0 Å². The molecule has 0 radical (unpaired) electrons. The number of aromatic amines is 1. The highest BCUT2D eigenvalue weighted by Gasteiger charge is 2.04. The molecule has 4 aromatic rings. The highest BCUT2D eigenvalue weighted by atomic mass is 35.5. The van der Waals surface area contributed by atoms with E-state index in [9.17, 15) is 0 Å². The van der Waals surface area contributed by atoms with Gasteiger partial charge in [0.25, 0.3) is 0 Å². The lowest BCUT2D eigenvalue weighted by molar-refractivity contribution is 0.370. The smallest absolute Gasteiger partial charge is 0.0605 e. The van der Waals surface area contributed by atoms with Crippen molar-refractivity contribution in [3.63, 3.8) is 0 Å². The minimum Gasteiger partial charge on any atom is -0.361 e. The Morgan fingerprint density at radius 3 is 2.36 bits per heavy atom. The Labute approximate surface area is 172 Å². The summed E-state index contributed by atoms with van der Waals surface area (Å²) in [7, 11) is 2.11. The molecule has 0 bridgehead atoms. The van der Waals surface area contributed by atoms with Crippen LogP contribution < -0.4 is 0 Å². The maximum Gasteiger partial charge on any atom is 0.0605 e. The van der Waals surface area contributed by atoms with Crippen LogP contribution in [0.15, 0.2) is 85.1 Å². The van der Waals surface area contributed by atoms with Gasteiger partial charge in [-0.3, -0.25) is 4.90 Å². The molecular formula is C25H23ClN2. The van der Waals surface area contributed by atoms with E-state index < -0.39 is 0 Å². The summed E-state index contributed by atoms with van der Waals surface area (Å²) in [4.78, 5) is 5.57. The van der Waals surface area contributed by atoms with Crippen molar-refractivity contribution < 1.29 is 0 Å². The van der Waals surface area contributed by atoms with Gasteiger partial charge >= 0.3 is 0 Å². The number of rotatable bonds is 4. The maximum atomic E-state index is 3.33. The van der Waals surface area contributed by atoms with Gasteiger partial charge in [-0.2, -0.15) is 0 Å². The standard InChI is InChI=1S/C25H22N2.ClH/c1-27(19-24-11-5-10-23-16-17-26-25(23)24)18-6-7-20-12-14-22(15-13-20)21-8-3-2-4-9-21;/h2-5,8-17,26H,18-19H2,1H3;1H. The summed E-state index contributed by atoms with van der Waals surface area (Å²) in [5, 5.41) is 1.26. The Hall–Kier alpha value is -2.99. The first-order valence-electron chi connectivity index (χ1n) is 9.17. The van der Waals surface area contributed by atoms with E-state index in [0.717, 1.165) is 18.7 Å². The van der Waals surface area contributed by atoms with Crippen LogP contribution in [0.4, 0.5) is 0 Å². The Morgan fingerprint density at radius 1 is 0.821 bits per heavy atom.